The van der Waals surface area contributed by atoms with Crippen molar-refractivity contribution in [2.75, 3.05) is 0 Å². The summed E-state index contributed by atoms with van der Waals surface area (Å²) in [6, 6.07) is 6.93. The number of non-ortho nitro benzene ring substituents is 1. The molecule has 0 spiro atoms. The summed E-state index contributed by atoms with van der Waals surface area (Å²) in [5.74, 6) is 0. The first-order valence-electron chi connectivity index (χ1n) is 6.38. The number of nitro benzene ring substituents is 1. The molecule has 0 heterocycles. The van der Waals surface area contributed by atoms with Crippen LogP contribution in [0.3, 0.4) is 0 Å². The molecule has 1 N–H and O–H groups in total. The molecule has 4 heteroatoms. The van der Waals surface area contributed by atoms with Crippen molar-refractivity contribution in [3.63, 3.8) is 0 Å². The van der Waals surface area contributed by atoms with Gasteiger partial charge in [0.25, 0.3) is 5.69 Å². The topological polar surface area (TPSA) is 55.2 Å². The highest BCUT2D eigenvalue weighted by Gasteiger charge is 2.19. The fourth-order valence-corrected chi connectivity index (χ4v) is 2.25. The summed E-state index contributed by atoms with van der Waals surface area (Å²) in [6.45, 7) is 8.61. The van der Waals surface area contributed by atoms with E-state index in [1.165, 1.54) is 0 Å². The van der Waals surface area contributed by atoms with Crippen molar-refractivity contribution in [3.8, 4) is 0 Å². The van der Waals surface area contributed by atoms with Gasteiger partial charge in [-0.1, -0.05) is 25.5 Å². The van der Waals surface area contributed by atoms with Crippen LogP contribution in [0.2, 0.25) is 0 Å². The maximum atomic E-state index is 10.6. The van der Waals surface area contributed by atoms with Crippen LogP contribution in [0.1, 0.15) is 52.1 Å². The standard InChI is InChI=1S/C14H22N2O2/c1-5-10-14(3,4)15-11(2)12-6-8-13(9-7-12)16(17)18/h6-9,11,15H,5,10H2,1-4H3. The molecular formula is C14H22N2O2. The van der Waals surface area contributed by atoms with Gasteiger partial charge in [-0.15, -0.1) is 0 Å². The summed E-state index contributed by atoms with van der Waals surface area (Å²) in [7, 11) is 0. The third-order valence-corrected chi connectivity index (χ3v) is 3.09. The molecule has 0 aliphatic rings. The summed E-state index contributed by atoms with van der Waals surface area (Å²) < 4.78 is 0. The van der Waals surface area contributed by atoms with Crippen LogP contribution in [-0.2, 0) is 0 Å². The van der Waals surface area contributed by atoms with E-state index in [9.17, 15) is 10.1 Å². The Bertz CT molecular complexity index is 399. The number of rotatable bonds is 6. The van der Waals surface area contributed by atoms with E-state index in [-0.39, 0.29) is 22.2 Å². The van der Waals surface area contributed by atoms with Crippen LogP contribution < -0.4 is 5.32 Å². The van der Waals surface area contributed by atoms with Gasteiger partial charge in [-0.3, -0.25) is 10.1 Å². The van der Waals surface area contributed by atoms with Gasteiger partial charge in [-0.25, -0.2) is 0 Å². The van der Waals surface area contributed by atoms with Crippen LogP contribution in [-0.4, -0.2) is 10.5 Å². The third kappa shape index (κ3) is 4.11. The molecule has 0 bridgehead atoms. The van der Waals surface area contributed by atoms with Crippen LogP contribution in [0.4, 0.5) is 5.69 Å². The molecule has 0 fully saturated rings. The average Bonchev–Trinajstić information content (AvgIpc) is 2.28. The zero-order valence-electron chi connectivity index (χ0n) is 11.6. The number of hydrogen-bond acceptors (Lipinski definition) is 3. The molecule has 0 aliphatic carbocycles. The number of nitro groups is 1. The molecule has 1 aromatic carbocycles. The molecule has 1 aromatic rings. The fraction of sp³-hybridized carbons (Fsp3) is 0.571. The van der Waals surface area contributed by atoms with Crippen molar-refractivity contribution in [2.45, 2.75) is 52.1 Å². The van der Waals surface area contributed by atoms with Gasteiger partial charge in [0.15, 0.2) is 0 Å². The monoisotopic (exact) mass is 250 g/mol. The lowest BCUT2D eigenvalue weighted by atomic mass is 9.96. The SMILES string of the molecule is CCCC(C)(C)NC(C)c1ccc([N+](=O)[O-])cc1. The zero-order valence-corrected chi connectivity index (χ0v) is 11.6. The summed E-state index contributed by atoms with van der Waals surface area (Å²) >= 11 is 0. The van der Waals surface area contributed by atoms with Gasteiger partial charge in [-0.2, -0.15) is 0 Å². The maximum Gasteiger partial charge on any atom is 0.269 e. The van der Waals surface area contributed by atoms with Crippen LogP contribution in [0, 0.1) is 10.1 Å². The van der Waals surface area contributed by atoms with E-state index in [1.807, 2.05) is 12.1 Å². The highest BCUT2D eigenvalue weighted by Crippen LogP contribution is 2.21. The Labute approximate surface area is 109 Å². The fourth-order valence-electron chi connectivity index (χ4n) is 2.25. The second-order valence-corrected chi connectivity index (χ2v) is 5.35. The van der Waals surface area contributed by atoms with Gasteiger partial charge in [0, 0.05) is 23.7 Å². The molecule has 18 heavy (non-hydrogen) atoms. The molecule has 0 radical (unpaired) electrons. The van der Waals surface area contributed by atoms with Crippen LogP contribution in [0.5, 0.6) is 0 Å². The molecule has 0 aliphatic heterocycles. The molecule has 100 valence electrons. The minimum atomic E-state index is -0.372. The van der Waals surface area contributed by atoms with Gasteiger partial charge in [0.1, 0.15) is 0 Å². The number of hydrogen-bond donors (Lipinski definition) is 1. The predicted octanol–water partition coefficient (Wildman–Crippen LogP) is 3.82. The number of nitrogens with zero attached hydrogens (tertiary/aromatic N) is 1. The Morgan fingerprint density at radius 3 is 2.33 bits per heavy atom. The van der Waals surface area contributed by atoms with Crippen molar-refractivity contribution >= 4 is 5.69 Å². The molecular weight excluding hydrogens is 228 g/mol. The number of benzene rings is 1. The Balaban J connectivity index is 2.72. The smallest absolute Gasteiger partial charge is 0.269 e. The molecule has 1 rings (SSSR count). The Morgan fingerprint density at radius 1 is 1.33 bits per heavy atom. The molecule has 4 nitrogen and oxygen atoms in total. The molecule has 1 unspecified atom stereocenters. The van der Waals surface area contributed by atoms with Crippen molar-refractivity contribution in [1.82, 2.24) is 5.32 Å². The van der Waals surface area contributed by atoms with E-state index < -0.39 is 0 Å². The summed E-state index contributed by atoms with van der Waals surface area (Å²) in [5.41, 5.74) is 1.29. The Morgan fingerprint density at radius 2 is 1.89 bits per heavy atom. The molecule has 0 saturated carbocycles. The summed E-state index contributed by atoms with van der Waals surface area (Å²) in [4.78, 5) is 10.2. The second kappa shape index (κ2) is 5.96. The van der Waals surface area contributed by atoms with Crippen LogP contribution >= 0.6 is 0 Å². The summed E-state index contributed by atoms with van der Waals surface area (Å²) in [5, 5.41) is 14.1. The van der Waals surface area contributed by atoms with Crippen molar-refractivity contribution in [1.29, 1.82) is 0 Å². The Kier molecular flexibility index (Phi) is 4.84. The quantitative estimate of drug-likeness (QED) is 0.616. The van der Waals surface area contributed by atoms with E-state index in [0.717, 1.165) is 18.4 Å². The highest BCUT2D eigenvalue weighted by atomic mass is 16.6. The highest BCUT2D eigenvalue weighted by molar-refractivity contribution is 5.34. The van der Waals surface area contributed by atoms with Gasteiger partial charge in [-0.05, 0) is 32.8 Å². The lowest BCUT2D eigenvalue weighted by molar-refractivity contribution is -0.384. The molecule has 0 saturated heterocycles. The second-order valence-electron chi connectivity index (χ2n) is 5.35. The maximum absolute atomic E-state index is 10.6. The van der Waals surface area contributed by atoms with Gasteiger partial charge in [0.2, 0.25) is 0 Å². The minimum absolute atomic E-state index is 0.0793. The first kappa shape index (κ1) is 14.6. The molecule has 1 atom stereocenters. The minimum Gasteiger partial charge on any atom is -0.305 e. The summed E-state index contributed by atoms with van der Waals surface area (Å²) in [6.07, 6.45) is 2.23. The van der Waals surface area contributed by atoms with Crippen molar-refractivity contribution < 1.29 is 4.92 Å². The van der Waals surface area contributed by atoms with Crippen molar-refractivity contribution in [2.24, 2.45) is 0 Å². The van der Waals surface area contributed by atoms with Crippen molar-refractivity contribution in [3.05, 3.63) is 39.9 Å². The van der Waals surface area contributed by atoms with Crippen LogP contribution in [0.15, 0.2) is 24.3 Å². The van der Waals surface area contributed by atoms with Gasteiger partial charge in [0.05, 0.1) is 4.92 Å². The zero-order chi connectivity index (χ0) is 13.8. The van der Waals surface area contributed by atoms with E-state index >= 15 is 0 Å². The van der Waals surface area contributed by atoms with E-state index in [0.29, 0.717) is 0 Å². The first-order chi connectivity index (χ1) is 8.35. The lowest BCUT2D eigenvalue weighted by Crippen LogP contribution is -2.40. The van der Waals surface area contributed by atoms with E-state index in [1.54, 1.807) is 12.1 Å². The third-order valence-electron chi connectivity index (χ3n) is 3.09. The van der Waals surface area contributed by atoms with E-state index in [4.69, 9.17) is 0 Å². The molecule has 0 amide bonds. The van der Waals surface area contributed by atoms with Gasteiger partial charge >= 0.3 is 0 Å². The van der Waals surface area contributed by atoms with Crippen LogP contribution in [0.25, 0.3) is 0 Å². The lowest BCUT2D eigenvalue weighted by Gasteiger charge is -2.30. The predicted molar refractivity (Wildman–Crippen MR) is 73.6 cm³/mol. The Hall–Kier alpha value is -1.42. The number of nitrogens with one attached hydrogen (secondary N) is 1. The normalized spacial score (nSPS) is 13.3. The van der Waals surface area contributed by atoms with Gasteiger partial charge < -0.3 is 5.32 Å². The molecule has 0 aromatic heterocycles. The van der Waals surface area contributed by atoms with E-state index in [2.05, 4.69) is 33.0 Å². The largest absolute Gasteiger partial charge is 0.305 e. The average molecular weight is 250 g/mol. The first-order valence-corrected chi connectivity index (χ1v) is 6.38.